The second kappa shape index (κ2) is 47.1. The molecule has 0 atom stereocenters. The van der Waals surface area contributed by atoms with E-state index in [1.807, 2.05) is 0 Å². The van der Waals surface area contributed by atoms with Crippen LogP contribution in [0.2, 0.25) is 0 Å². The summed E-state index contributed by atoms with van der Waals surface area (Å²) in [5.41, 5.74) is 8.43. The van der Waals surface area contributed by atoms with Crippen LogP contribution in [0.25, 0.3) is 0 Å². The lowest BCUT2D eigenvalue weighted by molar-refractivity contribution is -0.149. The molecule has 0 spiro atoms. The summed E-state index contributed by atoms with van der Waals surface area (Å²) < 4.78 is 0. The van der Waals surface area contributed by atoms with Gasteiger partial charge in [0.15, 0.2) is 0 Å². The summed E-state index contributed by atoms with van der Waals surface area (Å²) in [5.74, 6) is -0.604. The van der Waals surface area contributed by atoms with Crippen molar-refractivity contribution in [2.24, 2.45) is 5.73 Å². The highest BCUT2D eigenvalue weighted by molar-refractivity contribution is 5.95. The Kier molecular flexibility index (Phi) is 45.9. The van der Waals surface area contributed by atoms with E-state index in [0.29, 0.717) is 19.4 Å². The second-order valence-electron chi connectivity index (χ2n) is 16.9. The number of amides is 3. The van der Waals surface area contributed by atoms with Crippen molar-refractivity contribution in [3.05, 3.63) is 0 Å². The molecule has 9 nitrogen and oxygen atoms in total. The van der Waals surface area contributed by atoms with Gasteiger partial charge in [-0.15, -0.1) is 0 Å². The predicted octanol–water partition coefficient (Wildman–Crippen LogP) is 11.2. The first-order valence-corrected chi connectivity index (χ1v) is 25.0. The number of carbonyl (C=O) groups is 3. The van der Waals surface area contributed by atoms with E-state index in [0.717, 1.165) is 96.9 Å². The standard InChI is InChI=1S/C48H98N6O3/c1-3-5-7-9-11-13-15-17-19-21-23-25-27-29-31-37-47(56)54(53-45-46(55)52-44-36-43-51-41-34-33-40-50-42-35-39-49)48(57)38-32-30-28-26-24-22-20-18-16-14-12-10-8-6-4-2/h50-51,53H,3-45,49H2,1-2H3,(H,52,55). The van der Waals surface area contributed by atoms with E-state index in [9.17, 15) is 14.4 Å². The molecule has 0 bridgehead atoms. The summed E-state index contributed by atoms with van der Waals surface area (Å²) in [7, 11) is 0. The minimum Gasteiger partial charge on any atom is -0.355 e. The van der Waals surface area contributed by atoms with Gasteiger partial charge < -0.3 is 21.7 Å². The lowest BCUT2D eigenvalue weighted by Gasteiger charge is -2.22. The molecule has 0 aliphatic rings. The molecule has 0 rings (SSSR count). The van der Waals surface area contributed by atoms with Crippen LogP contribution in [0.5, 0.6) is 0 Å². The Morgan fingerprint density at radius 2 is 0.702 bits per heavy atom. The summed E-state index contributed by atoms with van der Waals surface area (Å²) in [6.45, 7) is 9.59. The Labute approximate surface area is 354 Å². The van der Waals surface area contributed by atoms with Crippen LogP contribution in [0.3, 0.4) is 0 Å². The minimum atomic E-state index is -0.206. The van der Waals surface area contributed by atoms with Crippen LogP contribution in [-0.2, 0) is 14.4 Å². The van der Waals surface area contributed by atoms with E-state index in [2.05, 4.69) is 35.2 Å². The largest absolute Gasteiger partial charge is 0.355 e. The molecule has 0 fully saturated rings. The number of hydrogen-bond donors (Lipinski definition) is 5. The second-order valence-corrected chi connectivity index (χ2v) is 16.9. The molecule has 9 heteroatoms. The van der Waals surface area contributed by atoms with Crippen LogP contribution in [0.15, 0.2) is 0 Å². The lowest BCUT2D eigenvalue weighted by atomic mass is 10.0. The molecular formula is C48H98N6O3. The molecule has 338 valence electrons. The van der Waals surface area contributed by atoms with Crippen LogP contribution in [0.1, 0.15) is 245 Å². The van der Waals surface area contributed by atoms with Gasteiger partial charge in [-0.3, -0.25) is 14.4 Å². The number of carbonyl (C=O) groups excluding carboxylic acids is 3. The number of nitrogens with two attached hydrogens (primary N) is 1. The average Bonchev–Trinajstić information content (AvgIpc) is 3.21. The third-order valence-corrected chi connectivity index (χ3v) is 11.3. The number of rotatable bonds is 47. The van der Waals surface area contributed by atoms with Gasteiger partial charge in [-0.05, 0) is 71.2 Å². The normalized spacial score (nSPS) is 11.4. The fraction of sp³-hybridized carbons (Fsp3) is 0.938. The maximum atomic E-state index is 13.3. The number of nitrogens with zero attached hydrogens (tertiary/aromatic N) is 1. The molecule has 0 saturated heterocycles. The van der Waals surface area contributed by atoms with Gasteiger partial charge in [0, 0.05) is 19.4 Å². The monoisotopic (exact) mass is 807 g/mol. The highest BCUT2D eigenvalue weighted by Gasteiger charge is 2.21. The SMILES string of the molecule is CCCCCCCCCCCCCCCCCC(=O)N(NCC(=O)NCCCNCCCCNCCCN)C(=O)CCCCCCCCCCCCCCCCC. The van der Waals surface area contributed by atoms with Gasteiger partial charge in [0.2, 0.25) is 17.7 Å². The maximum absolute atomic E-state index is 13.3. The van der Waals surface area contributed by atoms with E-state index >= 15 is 0 Å². The fourth-order valence-corrected chi connectivity index (χ4v) is 7.47. The van der Waals surface area contributed by atoms with Crippen LogP contribution in [-0.4, -0.2) is 68.5 Å². The quantitative estimate of drug-likeness (QED) is 0.0306. The molecule has 6 N–H and O–H groups in total. The van der Waals surface area contributed by atoms with Crippen LogP contribution >= 0.6 is 0 Å². The molecule has 0 radical (unpaired) electrons. The van der Waals surface area contributed by atoms with Crippen molar-refractivity contribution in [1.29, 1.82) is 0 Å². The van der Waals surface area contributed by atoms with Crippen LogP contribution in [0.4, 0.5) is 0 Å². The fourth-order valence-electron chi connectivity index (χ4n) is 7.47. The minimum absolute atomic E-state index is 0.0697. The van der Waals surface area contributed by atoms with E-state index in [-0.39, 0.29) is 24.3 Å². The third kappa shape index (κ3) is 42.4. The molecule has 0 unspecified atom stereocenters. The van der Waals surface area contributed by atoms with Gasteiger partial charge >= 0.3 is 0 Å². The Balaban J connectivity index is 4.33. The van der Waals surface area contributed by atoms with Crippen molar-refractivity contribution in [3.8, 4) is 0 Å². The van der Waals surface area contributed by atoms with E-state index in [4.69, 9.17) is 5.73 Å². The summed E-state index contributed by atoms with van der Waals surface area (Å²) in [5, 5.41) is 10.9. The predicted molar refractivity (Wildman–Crippen MR) is 245 cm³/mol. The zero-order valence-corrected chi connectivity index (χ0v) is 38.2. The molecule has 0 aliphatic heterocycles. The number of imide groups is 1. The van der Waals surface area contributed by atoms with Gasteiger partial charge in [-0.2, -0.15) is 0 Å². The smallest absolute Gasteiger partial charge is 0.243 e. The van der Waals surface area contributed by atoms with Crippen molar-refractivity contribution in [3.63, 3.8) is 0 Å². The number of nitrogens with one attached hydrogen (secondary N) is 4. The summed E-state index contributed by atoms with van der Waals surface area (Å²) in [4.78, 5) is 39.1. The van der Waals surface area contributed by atoms with E-state index in [1.54, 1.807) is 0 Å². The molecular weight excluding hydrogens is 709 g/mol. The first-order chi connectivity index (χ1) is 28.1. The topological polar surface area (TPSA) is 129 Å². The molecule has 0 saturated carbocycles. The maximum Gasteiger partial charge on any atom is 0.243 e. The number of hydrogen-bond acceptors (Lipinski definition) is 7. The van der Waals surface area contributed by atoms with Crippen LogP contribution in [0, 0.1) is 0 Å². The van der Waals surface area contributed by atoms with Gasteiger partial charge in [0.25, 0.3) is 0 Å². The van der Waals surface area contributed by atoms with Crippen LogP contribution < -0.4 is 27.1 Å². The van der Waals surface area contributed by atoms with Crippen molar-refractivity contribution < 1.29 is 14.4 Å². The highest BCUT2D eigenvalue weighted by Crippen LogP contribution is 2.16. The third-order valence-electron chi connectivity index (χ3n) is 11.3. The van der Waals surface area contributed by atoms with Gasteiger partial charge in [0.05, 0.1) is 6.54 Å². The molecule has 0 aromatic rings. The Hall–Kier alpha value is -1.55. The molecule has 0 aromatic carbocycles. The highest BCUT2D eigenvalue weighted by atomic mass is 16.2. The van der Waals surface area contributed by atoms with Gasteiger partial charge in [0.1, 0.15) is 0 Å². The zero-order valence-electron chi connectivity index (χ0n) is 38.2. The Morgan fingerprint density at radius 3 is 1.05 bits per heavy atom. The van der Waals surface area contributed by atoms with Crippen molar-refractivity contribution in [2.75, 3.05) is 45.8 Å². The molecule has 0 aromatic heterocycles. The molecule has 57 heavy (non-hydrogen) atoms. The zero-order chi connectivity index (χ0) is 41.5. The Bertz CT molecular complexity index is 814. The first-order valence-electron chi connectivity index (χ1n) is 25.0. The van der Waals surface area contributed by atoms with Gasteiger partial charge in [-0.1, -0.05) is 194 Å². The van der Waals surface area contributed by atoms with Crippen molar-refractivity contribution in [1.82, 2.24) is 26.4 Å². The van der Waals surface area contributed by atoms with Crippen molar-refractivity contribution >= 4 is 17.7 Å². The van der Waals surface area contributed by atoms with Crippen molar-refractivity contribution in [2.45, 2.75) is 245 Å². The van der Waals surface area contributed by atoms with E-state index < -0.39 is 0 Å². The lowest BCUT2D eigenvalue weighted by Crippen LogP contribution is -2.50. The van der Waals surface area contributed by atoms with E-state index in [1.165, 1.54) is 159 Å². The molecule has 0 heterocycles. The average molecular weight is 807 g/mol. The summed E-state index contributed by atoms with van der Waals surface area (Å²) in [6.07, 6.45) is 43.0. The Morgan fingerprint density at radius 1 is 0.386 bits per heavy atom. The molecule has 3 amide bonds. The number of hydrazine groups is 1. The summed E-state index contributed by atoms with van der Waals surface area (Å²) >= 11 is 0. The number of unbranched alkanes of at least 4 members (excludes halogenated alkanes) is 29. The van der Waals surface area contributed by atoms with Gasteiger partial charge in [-0.25, -0.2) is 10.4 Å². The molecule has 0 aliphatic carbocycles. The first kappa shape index (κ1) is 55.5. The summed E-state index contributed by atoms with van der Waals surface area (Å²) in [6, 6.07) is 0.